The second-order valence-corrected chi connectivity index (χ2v) is 4.49. The summed E-state index contributed by atoms with van der Waals surface area (Å²) in [7, 11) is 0. The summed E-state index contributed by atoms with van der Waals surface area (Å²) in [6, 6.07) is 5.30. The molecular formula is C11H10ClNO2S. The lowest BCUT2D eigenvalue weighted by Crippen LogP contribution is -1.99. The van der Waals surface area contributed by atoms with Gasteiger partial charge in [-0.1, -0.05) is 23.7 Å². The maximum atomic E-state index is 9.15. The molecule has 0 atom stereocenters. The largest absolute Gasteiger partial charge is 0.484 e. The van der Waals surface area contributed by atoms with Crippen LogP contribution in [0.15, 0.2) is 29.8 Å². The number of aliphatic hydroxyl groups is 1. The van der Waals surface area contributed by atoms with E-state index in [2.05, 4.69) is 4.98 Å². The topological polar surface area (TPSA) is 42.4 Å². The maximum absolute atomic E-state index is 9.15. The number of aromatic nitrogens is 1. The molecule has 2 rings (SSSR count). The number of para-hydroxylation sites is 1. The van der Waals surface area contributed by atoms with Crippen LogP contribution in [0.5, 0.6) is 5.75 Å². The molecule has 84 valence electrons. The van der Waals surface area contributed by atoms with Gasteiger partial charge in [-0.05, 0) is 6.07 Å². The van der Waals surface area contributed by atoms with Gasteiger partial charge in [0.05, 0.1) is 11.6 Å². The third kappa shape index (κ3) is 2.52. The van der Waals surface area contributed by atoms with E-state index in [1.807, 2.05) is 5.38 Å². The average Bonchev–Trinajstić information content (AvgIpc) is 2.80. The van der Waals surface area contributed by atoms with Crippen LogP contribution in [0.1, 0.15) is 10.6 Å². The molecule has 0 bridgehead atoms. The van der Waals surface area contributed by atoms with Crippen LogP contribution in [0.25, 0.3) is 0 Å². The Morgan fingerprint density at radius 2 is 2.31 bits per heavy atom. The normalized spacial score (nSPS) is 10.4. The summed E-state index contributed by atoms with van der Waals surface area (Å²) in [4.78, 5) is 4.10. The van der Waals surface area contributed by atoms with Gasteiger partial charge >= 0.3 is 0 Å². The number of halogens is 1. The van der Waals surface area contributed by atoms with E-state index in [-0.39, 0.29) is 6.61 Å². The zero-order chi connectivity index (χ0) is 11.4. The predicted octanol–water partition coefficient (Wildman–Crippen LogP) is 2.87. The molecule has 0 saturated carbocycles. The highest BCUT2D eigenvalue weighted by Gasteiger charge is 2.08. The van der Waals surface area contributed by atoms with Crippen molar-refractivity contribution in [3.63, 3.8) is 0 Å². The zero-order valence-corrected chi connectivity index (χ0v) is 9.96. The maximum Gasteiger partial charge on any atom is 0.144 e. The minimum atomic E-state index is -0.0895. The molecule has 1 N–H and O–H groups in total. The SMILES string of the molecule is OCc1cccc(Cl)c1OCc1nccs1. The number of aliphatic hydroxyl groups excluding tert-OH is 1. The number of nitrogens with zero attached hydrogens (tertiary/aromatic N) is 1. The van der Waals surface area contributed by atoms with Gasteiger partial charge in [-0.2, -0.15) is 0 Å². The number of hydrogen-bond acceptors (Lipinski definition) is 4. The summed E-state index contributed by atoms with van der Waals surface area (Å²) in [5, 5.41) is 12.4. The van der Waals surface area contributed by atoms with E-state index in [1.54, 1.807) is 24.4 Å². The molecule has 0 fully saturated rings. The van der Waals surface area contributed by atoms with Crippen molar-refractivity contribution >= 4 is 22.9 Å². The molecule has 0 unspecified atom stereocenters. The van der Waals surface area contributed by atoms with Crippen molar-refractivity contribution < 1.29 is 9.84 Å². The zero-order valence-electron chi connectivity index (χ0n) is 8.39. The molecule has 0 aliphatic carbocycles. The molecule has 0 saturated heterocycles. The van der Waals surface area contributed by atoms with Crippen LogP contribution < -0.4 is 4.74 Å². The fourth-order valence-electron chi connectivity index (χ4n) is 1.30. The Morgan fingerprint density at radius 1 is 1.44 bits per heavy atom. The average molecular weight is 256 g/mol. The van der Waals surface area contributed by atoms with E-state index in [4.69, 9.17) is 21.4 Å². The lowest BCUT2D eigenvalue weighted by atomic mass is 10.2. The molecule has 0 amide bonds. The molecule has 1 aromatic heterocycles. The van der Waals surface area contributed by atoms with Crippen molar-refractivity contribution in [3.05, 3.63) is 45.4 Å². The Morgan fingerprint density at radius 3 is 3.00 bits per heavy atom. The summed E-state index contributed by atoms with van der Waals surface area (Å²) < 4.78 is 5.56. The first kappa shape index (κ1) is 11.4. The molecule has 1 heterocycles. The van der Waals surface area contributed by atoms with E-state index >= 15 is 0 Å². The highest BCUT2D eigenvalue weighted by molar-refractivity contribution is 7.09. The van der Waals surface area contributed by atoms with Gasteiger partial charge in [0.2, 0.25) is 0 Å². The van der Waals surface area contributed by atoms with Gasteiger partial charge in [0, 0.05) is 17.1 Å². The van der Waals surface area contributed by atoms with Gasteiger partial charge in [-0.25, -0.2) is 4.98 Å². The van der Waals surface area contributed by atoms with Crippen LogP contribution in [-0.2, 0) is 13.2 Å². The predicted molar refractivity (Wildman–Crippen MR) is 63.8 cm³/mol. The first-order valence-corrected chi connectivity index (χ1v) is 5.96. The number of benzene rings is 1. The van der Waals surface area contributed by atoms with Crippen molar-refractivity contribution in [2.75, 3.05) is 0 Å². The van der Waals surface area contributed by atoms with E-state index < -0.39 is 0 Å². The van der Waals surface area contributed by atoms with Crippen LogP contribution in [0.4, 0.5) is 0 Å². The van der Waals surface area contributed by atoms with Crippen LogP contribution in [0.2, 0.25) is 5.02 Å². The molecule has 1 aromatic carbocycles. The first-order valence-electron chi connectivity index (χ1n) is 4.70. The molecule has 3 nitrogen and oxygen atoms in total. The summed E-state index contributed by atoms with van der Waals surface area (Å²) in [5.41, 5.74) is 0.684. The number of rotatable bonds is 4. The summed E-state index contributed by atoms with van der Waals surface area (Å²) >= 11 is 7.51. The second kappa shape index (κ2) is 5.30. The Labute approximate surface area is 102 Å². The van der Waals surface area contributed by atoms with E-state index in [1.165, 1.54) is 11.3 Å². The highest BCUT2D eigenvalue weighted by atomic mass is 35.5. The Kier molecular flexibility index (Phi) is 3.77. The molecule has 2 aromatic rings. The molecule has 0 radical (unpaired) electrons. The second-order valence-electron chi connectivity index (χ2n) is 3.10. The van der Waals surface area contributed by atoms with Gasteiger partial charge in [-0.15, -0.1) is 11.3 Å². The molecule has 0 aliphatic rings. The van der Waals surface area contributed by atoms with Gasteiger partial charge in [-0.3, -0.25) is 0 Å². The highest BCUT2D eigenvalue weighted by Crippen LogP contribution is 2.29. The van der Waals surface area contributed by atoms with E-state index in [0.717, 1.165) is 5.01 Å². The fraction of sp³-hybridized carbons (Fsp3) is 0.182. The van der Waals surface area contributed by atoms with Crippen molar-refractivity contribution in [2.24, 2.45) is 0 Å². The lowest BCUT2D eigenvalue weighted by molar-refractivity contribution is 0.259. The smallest absolute Gasteiger partial charge is 0.144 e. The fourth-order valence-corrected chi connectivity index (χ4v) is 2.07. The van der Waals surface area contributed by atoms with Crippen LogP contribution in [0, 0.1) is 0 Å². The van der Waals surface area contributed by atoms with Gasteiger partial charge < -0.3 is 9.84 Å². The first-order chi connectivity index (χ1) is 7.81. The van der Waals surface area contributed by atoms with Gasteiger partial charge in [0.1, 0.15) is 17.4 Å². The summed E-state index contributed by atoms with van der Waals surface area (Å²) in [5.74, 6) is 0.530. The third-order valence-electron chi connectivity index (χ3n) is 2.04. The van der Waals surface area contributed by atoms with E-state index in [9.17, 15) is 0 Å². The van der Waals surface area contributed by atoms with Gasteiger partial charge in [0.25, 0.3) is 0 Å². The Balaban J connectivity index is 2.14. The summed E-state index contributed by atoms with van der Waals surface area (Å²) in [6.07, 6.45) is 1.73. The van der Waals surface area contributed by atoms with Crippen LogP contribution in [0.3, 0.4) is 0 Å². The lowest BCUT2D eigenvalue weighted by Gasteiger charge is -2.10. The van der Waals surface area contributed by atoms with Crippen LogP contribution >= 0.6 is 22.9 Å². The number of thiazole rings is 1. The minimum Gasteiger partial charge on any atom is -0.484 e. The molecule has 0 spiro atoms. The van der Waals surface area contributed by atoms with Crippen molar-refractivity contribution in [1.29, 1.82) is 0 Å². The van der Waals surface area contributed by atoms with E-state index in [0.29, 0.717) is 22.9 Å². The quantitative estimate of drug-likeness (QED) is 0.914. The molecule has 16 heavy (non-hydrogen) atoms. The van der Waals surface area contributed by atoms with Crippen molar-refractivity contribution in [3.8, 4) is 5.75 Å². The standard InChI is InChI=1S/C11H10ClNO2S/c12-9-3-1-2-8(6-14)11(9)15-7-10-13-4-5-16-10/h1-5,14H,6-7H2. The molecule has 5 heteroatoms. The summed E-state index contributed by atoms with van der Waals surface area (Å²) in [6.45, 7) is 0.280. The van der Waals surface area contributed by atoms with Crippen molar-refractivity contribution in [1.82, 2.24) is 4.98 Å². The number of ether oxygens (including phenoxy) is 1. The number of hydrogen-bond donors (Lipinski definition) is 1. The monoisotopic (exact) mass is 255 g/mol. The Hall–Kier alpha value is -1.10. The third-order valence-corrected chi connectivity index (χ3v) is 3.09. The molecule has 0 aliphatic heterocycles. The van der Waals surface area contributed by atoms with Crippen LogP contribution in [-0.4, -0.2) is 10.1 Å². The minimum absolute atomic E-state index is 0.0895. The van der Waals surface area contributed by atoms with Gasteiger partial charge in [0.15, 0.2) is 0 Å². The van der Waals surface area contributed by atoms with Crippen molar-refractivity contribution in [2.45, 2.75) is 13.2 Å². The molecular weight excluding hydrogens is 246 g/mol. The Bertz CT molecular complexity index is 459.